The van der Waals surface area contributed by atoms with Crippen molar-refractivity contribution in [2.75, 3.05) is 42.5 Å². The van der Waals surface area contributed by atoms with Gasteiger partial charge >= 0.3 is 6.03 Å². The highest BCUT2D eigenvalue weighted by atomic mass is 19.1. The molecule has 0 aliphatic carbocycles. The van der Waals surface area contributed by atoms with Crippen molar-refractivity contribution in [3.63, 3.8) is 0 Å². The van der Waals surface area contributed by atoms with Gasteiger partial charge in [0.25, 0.3) is 0 Å². The van der Waals surface area contributed by atoms with Crippen LogP contribution in [-0.2, 0) is 0 Å². The smallest absolute Gasteiger partial charge is 0.322 e. The van der Waals surface area contributed by atoms with Crippen LogP contribution in [0.25, 0.3) is 0 Å². The topological polar surface area (TPSA) is 38.8 Å². The van der Waals surface area contributed by atoms with Crippen LogP contribution in [0.5, 0.6) is 0 Å². The summed E-state index contributed by atoms with van der Waals surface area (Å²) in [5, 5.41) is 3.10. The number of carbonyl (C=O) groups excluding carboxylic acids is 1. The summed E-state index contributed by atoms with van der Waals surface area (Å²) in [5.74, 6) is -0.0966. The summed E-state index contributed by atoms with van der Waals surface area (Å²) >= 11 is 0. The Balaban J connectivity index is 1.49. The predicted molar refractivity (Wildman–Crippen MR) is 120 cm³/mol. The van der Waals surface area contributed by atoms with E-state index in [4.69, 9.17) is 0 Å². The molecule has 2 aromatic carbocycles. The minimum absolute atomic E-state index is 0.164. The van der Waals surface area contributed by atoms with E-state index in [9.17, 15) is 13.6 Å². The Labute approximate surface area is 182 Å². The summed E-state index contributed by atoms with van der Waals surface area (Å²) in [7, 11) is 0. The van der Waals surface area contributed by atoms with E-state index in [1.54, 1.807) is 23.1 Å². The monoisotopic (exact) mass is 428 g/mol. The molecule has 1 unspecified atom stereocenters. The molecular formula is C24H30F2N4O. The molecule has 0 bridgehead atoms. The van der Waals surface area contributed by atoms with E-state index >= 15 is 0 Å². The van der Waals surface area contributed by atoms with Gasteiger partial charge in [0.2, 0.25) is 0 Å². The Kier molecular flexibility index (Phi) is 6.41. The summed E-state index contributed by atoms with van der Waals surface area (Å²) in [6, 6.07) is 10.7. The van der Waals surface area contributed by atoms with Crippen molar-refractivity contribution in [2.45, 2.75) is 32.7 Å². The van der Waals surface area contributed by atoms with E-state index in [-0.39, 0.29) is 17.7 Å². The SMILES string of the molecule is CC(C)CN1CCCC1CNC(=O)N1CCN(c2ccc(F)cc2)c2cc(F)ccc21. The molecule has 1 atom stereocenters. The predicted octanol–water partition coefficient (Wildman–Crippen LogP) is 4.75. The highest BCUT2D eigenvalue weighted by Crippen LogP contribution is 2.38. The van der Waals surface area contributed by atoms with Gasteiger partial charge < -0.3 is 10.2 Å². The zero-order valence-corrected chi connectivity index (χ0v) is 18.2. The number of nitrogens with one attached hydrogen (secondary N) is 1. The number of likely N-dealkylation sites (tertiary alicyclic amines) is 1. The van der Waals surface area contributed by atoms with Gasteiger partial charge in [-0.1, -0.05) is 13.8 Å². The molecule has 0 aromatic heterocycles. The van der Waals surface area contributed by atoms with Gasteiger partial charge in [0.15, 0.2) is 0 Å². The Hall–Kier alpha value is -2.67. The number of amides is 2. The average Bonchev–Trinajstić information content (AvgIpc) is 3.18. The lowest BCUT2D eigenvalue weighted by Gasteiger charge is -2.38. The maximum Gasteiger partial charge on any atom is 0.322 e. The van der Waals surface area contributed by atoms with Crippen LogP contribution in [0, 0.1) is 17.6 Å². The van der Waals surface area contributed by atoms with Crippen LogP contribution in [0.4, 0.5) is 30.6 Å². The zero-order valence-electron chi connectivity index (χ0n) is 18.2. The summed E-state index contributed by atoms with van der Waals surface area (Å²) in [6.07, 6.45) is 2.25. The molecule has 1 saturated heterocycles. The average molecular weight is 429 g/mol. The third kappa shape index (κ3) is 4.82. The van der Waals surface area contributed by atoms with Gasteiger partial charge in [0, 0.05) is 37.9 Å². The molecule has 2 aromatic rings. The van der Waals surface area contributed by atoms with Crippen molar-refractivity contribution in [1.29, 1.82) is 0 Å². The molecule has 7 heteroatoms. The van der Waals surface area contributed by atoms with Gasteiger partial charge in [0.1, 0.15) is 11.6 Å². The van der Waals surface area contributed by atoms with E-state index in [1.165, 1.54) is 24.3 Å². The largest absolute Gasteiger partial charge is 0.338 e. The maximum absolute atomic E-state index is 14.1. The van der Waals surface area contributed by atoms with E-state index in [0.717, 1.165) is 31.6 Å². The zero-order chi connectivity index (χ0) is 22.0. The van der Waals surface area contributed by atoms with Crippen LogP contribution in [-0.4, -0.2) is 49.7 Å². The number of nitrogens with zero attached hydrogens (tertiary/aromatic N) is 3. The second-order valence-corrected chi connectivity index (χ2v) is 8.78. The summed E-state index contributed by atoms with van der Waals surface area (Å²) in [4.78, 5) is 19.1. The molecule has 166 valence electrons. The van der Waals surface area contributed by atoms with E-state index in [2.05, 4.69) is 24.1 Å². The third-order valence-corrected chi connectivity index (χ3v) is 6.04. The Morgan fingerprint density at radius 2 is 1.77 bits per heavy atom. The first-order valence-electron chi connectivity index (χ1n) is 11.0. The normalized spacial score (nSPS) is 19.1. The van der Waals surface area contributed by atoms with E-state index in [1.807, 2.05) is 4.90 Å². The second kappa shape index (κ2) is 9.22. The minimum Gasteiger partial charge on any atom is -0.338 e. The van der Waals surface area contributed by atoms with Gasteiger partial charge in [-0.05, 0) is 67.8 Å². The second-order valence-electron chi connectivity index (χ2n) is 8.78. The number of fused-ring (bicyclic) bond motifs is 1. The van der Waals surface area contributed by atoms with Crippen LogP contribution in [0.1, 0.15) is 26.7 Å². The Bertz CT molecular complexity index is 918. The summed E-state index contributed by atoms with van der Waals surface area (Å²) < 4.78 is 27.4. The fraction of sp³-hybridized carbons (Fsp3) is 0.458. The maximum atomic E-state index is 14.1. The first kappa shape index (κ1) is 21.6. The molecule has 4 rings (SSSR count). The minimum atomic E-state index is -0.372. The van der Waals surface area contributed by atoms with Crippen molar-refractivity contribution in [2.24, 2.45) is 5.92 Å². The standard InChI is InChI=1S/C24H30F2N4O/c1-17(2)16-28-11-3-4-21(28)15-27-24(31)30-13-12-29(20-8-5-18(25)6-9-20)23-14-19(26)7-10-22(23)30/h5-10,14,17,21H,3-4,11-13,15-16H2,1-2H3,(H,27,31). The van der Waals surface area contributed by atoms with Crippen molar-refractivity contribution in [1.82, 2.24) is 10.2 Å². The first-order valence-corrected chi connectivity index (χ1v) is 11.0. The number of halogens is 2. The van der Waals surface area contributed by atoms with Crippen LogP contribution < -0.4 is 15.1 Å². The molecular weight excluding hydrogens is 398 g/mol. The van der Waals surface area contributed by atoms with Crippen LogP contribution in [0.15, 0.2) is 42.5 Å². The lowest BCUT2D eigenvalue weighted by atomic mass is 10.1. The van der Waals surface area contributed by atoms with Gasteiger partial charge in [-0.3, -0.25) is 9.80 Å². The summed E-state index contributed by atoms with van der Waals surface area (Å²) in [6.45, 7) is 8.12. The molecule has 0 radical (unpaired) electrons. The molecule has 1 fully saturated rings. The van der Waals surface area contributed by atoms with E-state index < -0.39 is 0 Å². The Morgan fingerprint density at radius 1 is 1.03 bits per heavy atom. The van der Waals surface area contributed by atoms with E-state index in [0.29, 0.717) is 43.0 Å². The van der Waals surface area contributed by atoms with Crippen LogP contribution in [0.3, 0.4) is 0 Å². The molecule has 2 aliphatic rings. The number of hydrogen-bond donors (Lipinski definition) is 1. The number of urea groups is 1. The van der Waals surface area contributed by atoms with Gasteiger partial charge in [-0.25, -0.2) is 13.6 Å². The molecule has 0 spiro atoms. The molecule has 2 aliphatic heterocycles. The van der Waals surface area contributed by atoms with Crippen LogP contribution >= 0.6 is 0 Å². The molecule has 2 amide bonds. The number of rotatable bonds is 5. The van der Waals surface area contributed by atoms with Crippen molar-refractivity contribution in [3.05, 3.63) is 54.1 Å². The fourth-order valence-electron chi connectivity index (χ4n) is 4.62. The lowest BCUT2D eigenvalue weighted by molar-refractivity contribution is 0.215. The third-order valence-electron chi connectivity index (χ3n) is 6.04. The number of benzene rings is 2. The van der Waals surface area contributed by atoms with Gasteiger partial charge in [0.05, 0.1) is 11.4 Å². The van der Waals surface area contributed by atoms with Crippen molar-refractivity contribution in [3.8, 4) is 0 Å². The van der Waals surface area contributed by atoms with Crippen LogP contribution in [0.2, 0.25) is 0 Å². The fourth-order valence-corrected chi connectivity index (χ4v) is 4.62. The lowest BCUT2D eigenvalue weighted by Crippen LogP contribution is -2.50. The molecule has 2 heterocycles. The summed E-state index contributed by atoms with van der Waals surface area (Å²) in [5.41, 5.74) is 2.03. The molecule has 31 heavy (non-hydrogen) atoms. The van der Waals surface area contributed by atoms with Crippen molar-refractivity contribution < 1.29 is 13.6 Å². The molecule has 5 nitrogen and oxygen atoms in total. The quantitative estimate of drug-likeness (QED) is 0.747. The number of anilines is 3. The number of hydrogen-bond acceptors (Lipinski definition) is 3. The molecule has 0 saturated carbocycles. The molecule has 1 N–H and O–H groups in total. The Morgan fingerprint density at radius 3 is 2.52 bits per heavy atom. The first-order chi connectivity index (χ1) is 14.9. The van der Waals surface area contributed by atoms with Crippen molar-refractivity contribution >= 4 is 23.1 Å². The van der Waals surface area contributed by atoms with Gasteiger partial charge in [-0.15, -0.1) is 0 Å². The highest BCUT2D eigenvalue weighted by Gasteiger charge is 2.30. The number of carbonyl (C=O) groups is 1. The van der Waals surface area contributed by atoms with Gasteiger partial charge in [-0.2, -0.15) is 0 Å². The highest BCUT2D eigenvalue weighted by molar-refractivity contribution is 5.98.